The van der Waals surface area contributed by atoms with Crippen LogP contribution in [0, 0.1) is 16.0 Å². The Balaban J connectivity index is 2.23. The van der Waals surface area contributed by atoms with E-state index in [0.717, 1.165) is 12.8 Å². The molecule has 0 radical (unpaired) electrons. The van der Waals surface area contributed by atoms with E-state index in [1.54, 1.807) is 6.07 Å². The van der Waals surface area contributed by atoms with Gasteiger partial charge in [0.25, 0.3) is 11.6 Å². The van der Waals surface area contributed by atoms with Gasteiger partial charge in [0.15, 0.2) is 0 Å². The molecule has 0 heterocycles. The standard InChI is InChI=1S/C14H19N3O3/c1-3-15-13-7-6-11(17(19)20)8-12(13)14(18)16-9(2)10-4-5-10/h6-10,15H,3-5H2,1-2H3,(H,16,18). The Hall–Kier alpha value is -2.11. The molecule has 1 saturated carbocycles. The molecular weight excluding hydrogens is 258 g/mol. The molecular formula is C14H19N3O3. The minimum absolute atomic E-state index is 0.0733. The molecule has 1 aliphatic rings. The Kier molecular flexibility index (Phi) is 4.22. The number of nitrogens with one attached hydrogen (secondary N) is 2. The number of nitro groups is 1. The van der Waals surface area contributed by atoms with Gasteiger partial charge in [-0.1, -0.05) is 0 Å². The van der Waals surface area contributed by atoms with Crippen molar-refractivity contribution in [1.29, 1.82) is 0 Å². The molecule has 1 aromatic carbocycles. The van der Waals surface area contributed by atoms with Gasteiger partial charge in [-0.2, -0.15) is 0 Å². The number of hydrogen-bond donors (Lipinski definition) is 2. The molecule has 0 saturated heterocycles. The topological polar surface area (TPSA) is 84.3 Å². The van der Waals surface area contributed by atoms with Gasteiger partial charge in [0, 0.05) is 30.4 Å². The van der Waals surface area contributed by atoms with Crippen molar-refractivity contribution in [2.75, 3.05) is 11.9 Å². The summed E-state index contributed by atoms with van der Waals surface area (Å²) in [5.41, 5.74) is 0.878. The summed E-state index contributed by atoms with van der Waals surface area (Å²) < 4.78 is 0. The highest BCUT2D eigenvalue weighted by molar-refractivity contribution is 6.00. The van der Waals surface area contributed by atoms with Gasteiger partial charge in [0.05, 0.1) is 10.5 Å². The van der Waals surface area contributed by atoms with Crippen LogP contribution in [0.3, 0.4) is 0 Å². The van der Waals surface area contributed by atoms with E-state index in [-0.39, 0.29) is 17.6 Å². The maximum absolute atomic E-state index is 12.3. The number of benzene rings is 1. The highest BCUT2D eigenvalue weighted by atomic mass is 16.6. The molecule has 6 heteroatoms. The predicted molar refractivity (Wildman–Crippen MR) is 76.9 cm³/mol. The minimum Gasteiger partial charge on any atom is -0.385 e. The number of amides is 1. The number of nitrogens with zero attached hydrogens (tertiary/aromatic N) is 1. The Bertz CT molecular complexity index is 526. The zero-order valence-electron chi connectivity index (χ0n) is 11.7. The summed E-state index contributed by atoms with van der Waals surface area (Å²) in [7, 11) is 0. The van der Waals surface area contributed by atoms with Crippen LogP contribution in [0.5, 0.6) is 0 Å². The normalized spacial score (nSPS) is 15.5. The van der Waals surface area contributed by atoms with Crippen molar-refractivity contribution in [3.63, 3.8) is 0 Å². The summed E-state index contributed by atoms with van der Waals surface area (Å²) in [5.74, 6) is 0.282. The second-order valence-corrected chi connectivity index (χ2v) is 5.12. The SMILES string of the molecule is CCNc1ccc([N+](=O)[O-])cc1C(=O)NC(C)C1CC1. The largest absolute Gasteiger partial charge is 0.385 e. The molecule has 1 aliphatic carbocycles. The van der Waals surface area contributed by atoms with Crippen molar-refractivity contribution in [3.8, 4) is 0 Å². The Labute approximate surface area is 117 Å². The number of non-ortho nitro benzene ring substituents is 1. The molecule has 6 nitrogen and oxygen atoms in total. The summed E-state index contributed by atoms with van der Waals surface area (Å²) in [6.07, 6.45) is 2.27. The van der Waals surface area contributed by atoms with E-state index in [4.69, 9.17) is 0 Å². The molecule has 0 aliphatic heterocycles. The second kappa shape index (κ2) is 5.90. The fourth-order valence-corrected chi connectivity index (χ4v) is 2.18. The van der Waals surface area contributed by atoms with Gasteiger partial charge >= 0.3 is 0 Å². The highest BCUT2D eigenvalue weighted by Crippen LogP contribution is 2.32. The van der Waals surface area contributed by atoms with E-state index in [0.29, 0.717) is 23.7 Å². The first-order valence-electron chi connectivity index (χ1n) is 6.86. The van der Waals surface area contributed by atoms with Crippen LogP contribution in [0.15, 0.2) is 18.2 Å². The van der Waals surface area contributed by atoms with E-state index < -0.39 is 4.92 Å². The van der Waals surface area contributed by atoms with Crippen molar-refractivity contribution in [2.45, 2.75) is 32.7 Å². The zero-order valence-corrected chi connectivity index (χ0v) is 11.7. The lowest BCUT2D eigenvalue weighted by Crippen LogP contribution is -2.34. The third kappa shape index (κ3) is 3.26. The Morgan fingerprint density at radius 1 is 1.50 bits per heavy atom. The van der Waals surface area contributed by atoms with E-state index in [9.17, 15) is 14.9 Å². The highest BCUT2D eigenvalue weighted by Gasteiger charge is 2.29. The molecule has 0 aromatic heterocycles. The van der Waals surface area contributed by atoms with Crippen molar-refractivity contribution in [3.05, 3.63) is 33.9 Å². The third-order valence-corrected chi connectivity index (χ3v) is 3.51. The average Bonchev–Trinajstić information content (AvgIpc) is 3.23. The van der Waals surface area contributed by atoms with Gasteiger partial charge in [-0.05, 0) is 38.7 Å². The van der Waals surface area contributed by atoms with Crippen LogP contribution in [-0.2, 0) is 0 Å². The van der Waals surface area contributed by atoms with E-state index in [1.807, 2.05) is 13.8 Å². The molecule has 108 valence electrons. The summed E-state index contributed by atoms with van der Waals surface area (Å²) in [4.78, 5) is 22.6. The quantitative estimate of drug-likeness (QED) is 0.618. The van der Waals surface area contributed by atoms with Crippen LogP contribution < -0.4 is 10.6 Å². The Morgan fingerprint density at radius 3 is 2.75 bits per heavy atom. The fourth-order valence-electron chi connectivity index (χ4n) is 2.18. The molecule has 1 aromatic rings. The number of rotatable bonds is 6. The maximum atomic E-state index is 12.3. The summed E-state index contributed by atoms with van der Waals surface area (Å²) in [5, 5.41) is 16.8. The summed E-state index contributed by atoms with van der Waals surface area (Å²) in [6, 6.07) is 4.42. The lowest BCUT2D eigenvalue weighted by Gasteiger charge is -2.15. The molecule has 0 spiro atoms. The van der Waals surface area contributed by atoms with Crippen molar-refractivity contribution >= 4 is 17.3 Å². The first kappa shape index (κ1) is 14.3. The van der Waals surface area contributed by atoms with Crippen LogP contribution in [0.25, 0.3) is 0 Å². The van der Waals surface area contributed by atoms with Crippen LogP contribution in [0.4, 0.5) is 11.4 Å². The second-order valence-electron chi connectivity index (χ2n) is 5.12. The summed E-state index contributed by atoms with van der Waals surface area (Å²) in [6.45, 7) is 4.53. The van der Waals surface area contributed by atoms with Crippen LogP contribution in [-0.4, -0.2) is 23.4 Å². The van der Waals surface area contributed by atoms with Crippen molar-refractivity contribution in [1.82, 2.24) is 5.32 Å². The monoisotopic (exact) mass is 277 g/mol. The number of anilines is 1. The first-order valence-corrected chi connectivity index (χ1v) is 6.86. The summed E-state index contributed by atoms with van der Waals surface area (Å²) >= 11 is 0. The van der Waals surface area contributed by atoms with Crippen molar-refractivity contribution < 1.29 is 9.72 Å². The molecule has 2 rings (SSSR count). The maximum Gasteiger partial charge on any atom is 0.270 e. The zero-order chi connectivity index (χ0) is 14.7. The predicted octanol–water partition coefficient (Wildman–Crippen LogP) is 2.55. The molecule has 1 unspecified atom stereocenters. The van der Waals surface area contributed by atoms with Gasteiger partial charge in [-0.25, -0.2) is 0 Å². The van der Waals surface area contributed by atoms with Gasteiger partial charge in [-0.15, -0.1) is 0 Å². The molecule has 1 atom stereocenters. The minimum atomic E-state index is -0.489. The van der Waals surface area contributed by atoms with Gasteiger partial charge < -0.3 is 10.6 Å². The lowest BCUT2D eigenvalue weighted by atomic mass is 10.1. The lowest BCUT2D eigenvalue weighted by molar-refractivity contribution is -0.384. The first-order chi connectivity index (χ1) is 9.52. The van der Waals surface area contributed by atoms with Crippen LogP contribution in [0.1, 0.15) is 37.0 Å². The number of nitro benzene ring substituents is 1. The number of carbonyl (C=O) groups is 1. The van der Waals surface area contributed by atoms with Gasteiger partial charge in [-0.3, -0.25) is 14.9 Å². The molecule has 1 fully saturated rings. The fraction of sp³-hybridized carbons (Fsp3) is 0.500. The molecule has 1 amide bonds. The number of carbonyl (C=O) groups excluding carboxylic acids is 1. The smallest absolute Gasteiger partial charge is 0.270 e. The molecule has 2 N–H and O–H groups in total. The van der Waals surface area contributed by atoms with Crippen molar-refractivity contribution in [2.24, 2.45) is 5.92 Å². The van der Waals surface area contributed by atoms with E-state index >= 15 is 0 Å². The van der Waals surface area contributed by atoms with Crippen LogP contribution >= 0.6 is 0 Å². The molecule has 20 heavy (non-hydrogen) atoms. The average molecular weight is 277 g/mol. The van der Waals surface area contributed by atoms with Gasteiger partial charge in [0.1, 0.15) is 0 Å². The van der Waals surface area contributed by atoms with Crippen LogP contribution in [0.2, 0.25) is 0 Å². The van der Waals surface area contributed by atoms with E-state index in [2.05, 4.69) is 10.6 Å². The third-order valence-electron chi connectivity index (χ3n) is 3.51. The molecule has 0 bridgehead atoms. The van der Waals surface area contributed by atoms with Gasteiger partial charge in [0.2, 0.25) is 0 Å². The Morgan fingerprint density at radius 2 is 2.20 bits per heavy atom. The van der Waals surface area contributed by atoms with E-state index in [1.165, 1.54) is 12.1 Å². The number of hydrogen-bond acceptors (Lipinski definition) is 4.